The Balaban J connectivity index is 2.05. The number of fused-ring (bicyclic) bond motifs is 1. The van der Waals surface area contributed by atoms with Gasteiger partial charge in [0, 0.05) is 13.5 Å². The number of aliphatic hydroxyl groups is 1. The number of ether oxygens (including phenoxy) is 1. The molecule has 0 spiro atoms. The second kappa shape index (κ2) is 5.85. The Hall–Kier alpha value is -0.860. The van der Waals surface area contributed by atoms with E-state index >= 15 is 0 Å². The first kappa shape index (κ1) is 13.6. The highest BCUT2D eigenvalue weighted by Gasteiger charge is 2.23. The molecule has 18 heavy (non-hydrogen) atoms. The standard InChI is InChI=1S/C16H24O2/c1-11(2)16(18-3)15(17)10-12-7-8-13-5-4-6-14(13)9-12/h7-9,11,15-17H,4-6,10H2,1-3H3. The van der Waals surface area contributed by atoms with Crippen LogP contribution in [0.15, 0.2) is 18.2 Å². The van der Waals surface area contributed by atoms with Gasteiger partial charge in [-0.1, -0.05) is 32.0 Å². The highest BCUT2D eigenvalue weighted by Crippen LogP contribution is 2.24. The van der Waals surface area contributed by atoms with Gasteiger partial charge in [0.2, 0.25) is 0 Å². The number of hydrogen-bond donors (Lipinski definition) is 1. The fourth-order valence-electron chi connectivity index (χ4n) is 2.98. The van der Waals surface area contributed by atoms with Crippen molar-refractivity contribution in [3.05, 3.63) is 34.9 Å². The minimum Gasteiger partial charge on any atom is -0.390 e. The molecule has 2 rings (SSSR count). The monoisotopic (exact) mass is 248 g/mol. The van der Waals surface area contributed by atoms with E-state index in [0.29, 0.717) is 12.3 Å². The van der Waals surface area contributed by atoms with Crippen molar-refractivity contribution < 1.29 is 9.84 Å². The van der Waals surface area contributed by atoms with E-state index in [2.05, 4.69) is 32.0 Å². The van der Waals surface area contributed by atoms with Gasteiger partial charge in [-0.2, -0.15) is 0 Å². The van der Waals surface area contributed by atoms with Gasteiger partial charge in [0.15, 0.2) is 0 Å². The van der Waals surface area contributed by atoms with Crippen LogP contribution in [-0.2, 0) is 24.0 Å². The molecule has 2 unspecified atom stereocenters. The van der Waals surface area contributed by atoms with Crippen molar-refractivity contribution in [3.63, 3.8) is 0 Å². The van der Waals surface area contributed by atoms with E-state index < -0.39 is 6.10 Å². The quantitative estimate of drug-likeness (QED) is 0.868. The smallest absolute Gasteiger partial charge is 0.0856 e. The van der Waals surface area contributed by atoms with Gasteiger partial charge in [-0.15, -0.1) is 0 Å². The highest BCUT2D eigenvalue weighted by molar-refractivity contribution is 5.35. The second-order valence-electron chi connectivity index (χ2n) is 5.67. The molecule has 0 bridgehead atoms. The van der Waals surface area contributed by atoms with E-state index in [-0.39, 0.29) is 6.10 Å². The molecule has 100 valence electrons. The number of benzene rings is 1. The summed E-state index contributed by atoms with van der Waals surface area (Å²) >= 11 is 0. The van der Waals surface area contributed by atoms with Crippen molar-refractivity contribution >= 4 is 0 Å². The Morgan fingerprint density at radius 2 is 1.94 bits per heavy atom. The Bertz CT molecular complexity index is 398. The van der Waals surface area contributed by atoms with Crippen LogP contribution in [0.4, 0.5) is 0 Å². The molecule has 2 atom stereocenters. The summed E-state index contributed by atoms with van der Waals surface area (Å²) in [4.78, 5) is 0. The Morgan fingerprint density at radius 1 is 1.22 bits per heavy atom. The summed E-state index contributed by atoms with van der Waals surface area (Å²) in [5.74, 6) is 0.333. The first-order valence-corrected chi connectivity index (χ1v) is 6.93. The van der Waals surface area contributed by atoms with Gasteiger partial charge in [0.1, 0.15) is 0 Å². The highest BCUT2D eigenvalue weighted by atomic mass is 16.5. The van der Waals surface area contributed by atoms with Crippen molar-refractivity contribution in [1.29, 1.82) is 0 Å². The molecule has 0 aromatic heterocycles. The van der Waals surface area contributed by atoms with Crippen molar-refractivity contribution in [3.8, 4) is 0 Å². The number of hydrogen-bond acceptors (Lipinski definition) is 2. The Morgan fingerprint density at radius 3 is 2.61 bits per heavy atom. The minimum absolute atomic E-state index is 0.0849. The molecule has 0 saturated heterocycles. The van der Waals surface area contributed by atoms with Gasteiger partial charge in [0.05, 0.1) is 12.2 Å². The molecule has 1 aromatic carbocycles. The molecule has 1 aliphatic carbocycles. The maximum Gasteiger partial charge on any atom is 0.0856 e. The molecular weight excluding hydrogens is 224 g/mol. The van der Waals surface area contributed by atoms with Crippen LogP contribution in [0.2, 0.25) is 0 Å². The molecule has 0 fully saturated rings. The van der Waals surface area contributed by atoms with E-state index in [4.69, 9.17) is 4.74 Å². The second-order valence-corrected chi connectivity index (χ2v) is 5.67. The van der Waals surface area contributed by atoms with Crippen molar-refractivity contribution in [2.45, 2.75) is 51.7 Å². The molecule has 2 heteroatoms. The van der Waals surface area contributed by atoms with Gasteiger partial charge in [0.25, 0.3) is 0 Å². The fraction of sp³-hybridized carbons (Fsp3) is 0.625. The summed E-state index contributed by atoms with van der Waals surface area (Å²) in [6, 6.07) is 6.64. The molecule has 1 aromatic rings. The molecule has 2 nitrogen and oxygen atoms in total. The van der Waals surface area contributed by atoms with Crippen molar-refractivity contribution in [1.82, 2.24) is 0 Å². The molecular formula is C16H24O2. The lowest BCUT2D eigenvalue weighted by atomic mass is 9.95. The first-order chi connectivity index (χ1) is 8.61. The molecule has 0 radical (unpaired) electrons. The lowest BCUT2D eigenvalue weighted by molar-refractivity contribution is -0.0368. The summed E-state index contributed by atoms with van der Waals surface area (Å²) in [6.07, 6.45) is 3.85. The molecule has 1 N–H and O–H groups in total. The van der Waals surface area contributed by atoms with Crippen molar-refractivity contribution in [2.24, 2.45) is 5.92 Å². The van der Waals surface area contributed by atoms with E-state index in [1.807, 2.05) is 0 Å². The minimum atomic E-state index is -0.422. The summed E-state index contributed by atoms with van der Waals surface area (Å²) in [5, 5.41) is 10.3. The van der Waals surface area contributed by atoms with Crippen LogP contribution >= 0.6 is 0 Å². The predicted octanol–water partition coefficient (Wildman–Crippen LogP) is 2.75. The topological polar surface area (TPSA) is 29.5 Å². The summed E-state index contributed by atoms with van der Waals surface area (Å²) in [7, 11) is 1.68. The van der Waals surface area contributed by atoms with Gasteiger partial charge >= 0.3 is 0 Å². The zero-order chi connectivity index (χ0) is 13.1. The number of methoxy groups -OCH3 is 1. The Labute approximate surface area is 110 Å². The van der Waals surface area contributed by atoms with E-state index in [9.17, 15) is 5.11 Å². The zero-order valence-corrected chi connectivity index (χ0v) is 11.6. The third-order valence-electron chi connectivity index (χ3n) is 3.92. The summed E-state index contributed by atoms with van der Waals surface area (Å²) in [5.41, 5.74) is 4.18. The average Bonchev–Trinajstić information content (AvgIpc) is 2.76. The van der Waals surface area contributed by atoms with Crippen LogP contribution < -0.4 is 0 Å². The normalized spacial score (nSPS) is 17.8. The fourth-order valence-corrected chi connectivity index (χ4v) is 2.98. The average molecular weight is 248 g/mol. The van der Waals surface area contributed by atoms with Crippen LogP contribution in [0.25, 0.3) is 0 Å². The summed E-state index contributed by atoms with van der Waals surface area (Å²) in [6.45, 7) is 4.17. The Kier molecular flexibility index (Phi) is 4.41. The SMILES string of the molecule is COC(C(C)C)C(O)Cc1ccc2c(c1)CCC2. The third-order valence-corrected chi connectivity index (χ3v) is 3.92. The van der Waals surface area contributed by atoms with E-state index in [1.54, 1.807) is 7.11 Å². The predicted molar refractivity (Wildman–Crippen MR) is 73.8 cm³/mol. The van der Waals surface area contributed by atoms with Crippen LogP contribution in [0.1, 0.15) is 37.0 Å². The zero-order valence-electron chi connectivity index (χ0n) is 11.6. The van der Waals surface area contributed by atoms with Crippen LogP contribution in [0.3, 0.4) is 0 Å². The largest absolute Gasteiger partial charge is 0.390 e. The summed E-state index contributed by atoms with van der Waals surface area (Å²) < 4.78 is 5.39. The maximum absolute atomic E-state index is 10.3. The van der Waals surface area contributed by atoms with E-state index in [1.165, 1.54) is 36.0 Å². The molecule has 0 amide bonds. The number of aryl methyl sites for hydroxylation is 2. The maximum atomic E-state index is 10.3. The lowest BCUT2D eigenvalue weighted by Gasteiger charge is -2.25. The van der Waals surface area contributed by atoms with Gasteiger partial charge in [-0.25, -0.2) is 0 Å². The molecule has 0 saturated carbocycles. The molecule has 0 heterocycles. The van der Waals surface area contributed by atoms with Gasteiger partial charge in [-0.05, 0) is 41.9 Å². The first-order valence-electron chi connectivity index (χ1n) is 6.93. The number of rotatable bonds is 5. The number of aliphatic hydroxyl groups excluding tert-OH is 1. The van der Waals surface area contributed by atoms with Crippen LogP contribution in [0.5, 0.6) is 0 Å². The molecule has 1 aliphatic rings. The third kappa shape index (κ3) is 2.93. The molecule has 0 aliphatic heterocycles. The van der Waals surface area contributed by atoms with E-state index in [0.717, 1.165) is 0 Å². The van der Waals surface area contributed by atoms with Gasteiger partial charge < -0.3 is 9.84 Å². The lowest BCUT2D eigenvalue weighted by Crippen LogP contribution is -2.34. The van der Waals surface area contributed by atoms with Crippen LogP contribution in [-0.4, -0.2) is 24.4 Å². The van der Waals surface area contributed by atoms with Crippen LogP contribution in [0, 0.1) is 5.92 Å². The van der Waals surface area contributed by atoms with Gasteiger partial charge in [-0.3, -0.25) is 0 Å². The van der Waals surface area contributed by atoms with Crippen molar-refractivity contribution in [2.75, 3.05) is 7.11 Å².